The number of rotatable bonds is 12. The Balaban J connectivity index is 1.66. The number of aryl methyl sites for hydroxylation is 4. The molecule has 0 fully saturated rings. The molecule has 0 aromatic heterocycles. The van der Waals surface area contributed by atoms with Gasteiger partial charge in [-0.3, -0.25) is 19.2 Å². The number of aromatic hydroxyl groups is 2. The molecular weight excluding hydrogens is 564 g/mol. The fourth-order valence-corrected chi connectivity index (χ4v) is 4.76. The molecule has 0 atom stereocenters. The third-order valence-corrected chi connectivity index (χ3v) is 7.16. The number of amides is 2. The van der Waals surface area contributed by atoms with Crippen molar-refractivity contribution in [2.75, 3.05) is 26.3 Å². The van der Waals surface area contributed by atoms with Crippen LogP contribution in [-0.2, 0) is 52.3 Å². The van der Waals surface area contributed by atoms with E-state index in [1.807, 2.05) is 53.7 Å². The Morgan fingerprint density at radius 2 is 0.977 bits per heavy atom. The van der Waals surface area contributed by atoms with Crippen LogP contribution in [0.25, 0.3) is 0 Å². The normalized spacial score (nSPS) is 11.5. The molecule has 0 unspecified atom stereocenters. The van der Waals surface area contributed by atoms with Crippen molar-refractivity contribution < 1.29 is 38.9 Å². The Kier molecular flexibility index (Phi) is 12.8. The van der Waals surface area contributed by atoms with E-state index < -0.39 is 23.8 Å². The van der Waals surface area contributed by atoms with Crippen molar-refractivity contribution in [3.05, 3.63) is 57.6 Å². The Morgan fingerprint density at radius 1 is 0.636 bits per heavy atom. The van der Waals surface area contributed by atoms with Crippen LogP contribution < -0.4 is 10.6 Å². The van der Waals surface area contributed by atoms with Gasteiger partial charge < -0.3 is 30.3 Å². The van der Waals surface area contributed by atoms with Crippen molar-refractivity contribution in [2.24, 2.45) is 0 Å². The summed E-state index contributed by atoms with van der Waals surface area (Å²) in [5.74, 6) is -2.22. The highest BCUT2D eigenvalue weighted by Crippen LogP contribution is 2.33. The van der Waals surface area contributed by atoms with Gasteiger partial charge in [0.05, 0.1) is 13.1 Å². The molecule has 0 bridgehead atoms. The van der Waals surface area contributed by atoms with Crippen LogP contribution in [0.2, 0.25) is 0 Å². The number of esters is 2. The zero-order valence-corrected chi connectivity index (χ0v) is 27.3. The Morgan fingerprint density at radius 3 is 1.30 bits per heavy atom. The van der Waals surface area contributed by atoms with Gasteiger partial charge in [0, 0.05) is 12.8 Å². The first-order valence-corrected chi connectivity index (χ1v) is 14.9. The van der Waals surface area contributed by atoms with Crippen LogP contribution in [0.1, 0.15) is 87.8 Å². The third kappa shape index (κ3) is 11.2. The van der Waals surface area contributed by atoms with Crippen molar-refractivity contribution in [1.82, 2.24) is 10.6 Å². The number of ether oxygens (including phenoxy) is 2. The summed E-state index contributed by atoms with van der Waals surface area (Å²) in [6.45, 7) is 15.6. The minimum Gasteiger partial charge on any atom is -0.508 e. The molecule has 0 spiro atoms. The predicted octanol–water partition coefficient (Wildman–Crippen LogP) is 4.19. The van der Waals surface area contributed by atoms with E-state index in [-0.39, 0.29) is 61.5 Å². The third-order valence-electron chi connectivity index (χ3n) is 7.16. The summed E-state index contributed by atoms with van der Waals surface area (Å²) in [6.07, 6.45) is 1.15. The monoisotopic (exact) mass is 612 g/mol. The molecule has 0 aliphatic carbocycles. The number of hydrogen-bond acceptors (Lipinski definition) is 8. The summed E-state index contributed by atoms with van der Waals surface area (Å²) in [5.41, 5.74) is 4.89. The molecule has 0 saturated heterocycles. The van der Waals surface area contributed by atoms with E-state index >= 15 is 0 Å². The van der Waals surface area contributed by atoms with Gasteiger partial charge in [-0.05, 0) is 83.0 Å². The molecular formula is C34H48N2O8. The summed E-state index contributed by atoms with van der Waals surface area (Å²) in [6, 6.07) is 7.24. The van der Waals surface area contributed by atoms with Crippen LogP contribution in [-0.4, -0.2) is 60.3 Å². The van der Waals surface area contributed by atoms with Crippen LogP contribution in [0, 0.1) is 13.8 Å². The second-order valence-corrected chi connectivity index (χ2v) is 13.0. The van der Waals surface area contributed by atoms with E-state index in [9.17, 15) is 29.4 Å². The highest BCUT2D eigenvalue weighted by atomic mass is 16.5. The zero-order valence-electron chi connectivity index (χ0n) is 27.3. The Hall–Kier alpha value is -4.08. The molecule has 2 amide bonds. The maximum atomic E-state index is 12.2. The summed E-state index contributed by atoms with van der Waals surface area (Å²) >= 11 is 0. The highest BCUT2D eigenvalue weighted by Gasteiger charge is 2.22. The highest BCUT2D eigenvalue weighted by molar-refractivity contribution is 6.35. The minimum atomic E-state index is -0.890. The van der Waals surface area contributed by atoms with Gasteiger partial charge in [0.1, 0.15) is 24.7 Å². The van der Waals surface area contributed by atoms with Crippen LogP contribution in [0.5, 0.6) is 11.5 Å². The van der Waals surface area contributed by atoms with Gasteiger partial charge in [0.2, 0.25) is 0 Å². The molecule has 0 aliphatic rings. The first-order valence-electron chi connectivity index (χ1n) is 14.9. The lowest BCUT2D eigenvalue weighted by Gasteiger charge is -2.24. The molecule has 0 heterocycles. The second kappa shape index (κ2) is 15.6. The van der Waals surface area contributed by atoms with E-state index in [4.69, 9.17) is 9.47 Å². The molecule has 2 rings (SSSR count). The van der Waals surface area contributed by atoms with Crippen LogP contribution >= 0.6 is 0 Å². The summed E-state index contributed by atoms with van der Waals surface area (Å²) in [4.78, 5) is 48.5. The summed E-state index contributed by atoms with van der Waals surface area (Å²) in [7, 11) is 0. The molecule has 2 aromatic rings. The number of hydrogen-bond donors (Lipinski definition) is 4. The van der Waals surface area contributed by atoms with Crippen molar-refractivity contribution in [3.8, 4) is 11.5 Å². The molecule has 242 valence electrons. The first-order chi connectivity index (χ1) is 20.4. The maximum Gasteiger partial charge on any atom is 0.309 e. The van der Waals surface area contributed by atoms with E-state index in [0.717, 1.165) is 33.4 Å². The van der Waals surface area contributed by atoms with Crippen molar-refractivity contribution in [3.63, 3.8) is 0 Å². The molecule has 10 nitrogen and oxygen atoms in total. The topological polar surface area (TPSA) is 151 Å². The van der Waals surface area contributed by atoms with Crippen LogP contribution in [0.3, 0.4) is 0 Å². The summed E-state index contributed by atoms with van der Waals surface area (Å²) < 4.78 is 10.4. The van der Waals surface area contributed by atoms with Crippen molar-refractivity contribution in [2.45, 2.75) is 91.9 Å². The van der Waals surface area contributed by atoms with Gasteiger partial charge in [0.15, 0.2) is 0 Å². The van der Waals surface area contributed by atoms with E-state index in [1.165, 1.54) is 0 Å². The average Bonchev–Trinajstić information content (AvgIpc) is 2.92. The molecule has 0 aliphatic heterocycles. The van der Waals surface area contributed by atoms with E-state index in [2.05, 4.69) is 10.6 Å². The SMILES string of the molecule is Cc1cc(CCC(=O)OCCNC(=O)C(=O)NCCOC(=O)CCc2cc(C)c(O)cc2C(C)(C)C)c(C(C)(C)C)cc1O. The van der Waals surface area contributed by atoms with Crippen molar-refractivity contribution >= 4 is 23.8 Å². The van der Waals surface area contributed by atoms with E-state index in [0.29, 0.717) is 12.8 Å². The fraction of sp³-hybridized carbons (Fsp3) is 0.529. The second-order valence-electron chi connectivity index (χ2n) is 13.0. The Labute approximate surface area is 260 Å². The molecule has 4 N–H and O–H groups in total. The standard InChI is InChI=1S/C34H48N2O8/c1-21-17-23(25(19-27(21)37)33(3,4)5)9-11-29(39)43-15-13-35-31(41)32(42)36-14-16-44-30(40)12-10-24-18-22(2)28(38)20-26(24)34(6,7)8/h17-20,37-38H,9-16H2,1-8H3,(H,35,41)(H,36,42). The number of phenols is 2. The number of carbonyl (C=O) groups excluding carboxylic acids is 4. The lowest BCUT2D eigenvalue weighted by molar-refractivity contribution is -0.145. The predicted molar refractivity (Wildman–Crippen MR) is 168 cm³/mol. The zero-order chi connectivity index (χ0) is 33.2. The number of benzene rings is 2. The molecule has 44 heavy (non-hydrogen) atoms. The lowest BCUT2D eigenvalue weighted by Crippen LogP contribution is -2.42. The van der Waals surface area contributed by atoms with Gasteiger partial charge in [-0.2, -0.15) is 0 Å². The van der Waals surface area contributed by atoms with Gasteiger partial charge >= 0.3 is 23.8 Å². The van der Waals surface area contributed by atoms with Gasteiger partial charge in [-0.15, -0.1) is 0 Å². The number of carbonyl (C=O) groups is 4. The smallest absolute Gasteiger partial charge is 0.309 e. The fourth-order valence-electron chi connectivity index (χ4n) is 4.76. The number of phenolic OH excluding ortho intramolecular Hbond substituents is 2. The minimum absolute atomic E-state index is 0.0359. The summed E-state index contributed by atoms with van der Waals surface area (Å²) in [5, 5.41) is 25.0. The molecule has 10 heteroatoms. The average molecular weight is 613 g/mol. The van der Waals surface area contributed by atoms with Crippen LogP contribution in [0.4, 0.5) is 0 Å². The molecule has 2 aromatic carbocycles. The first kappa shape index (κ1) is 36.1. The van der Waals surface area contributed by atoms with Crippen LogP contribution in [0.15, 0.2) is 24.3 Å². The molecule has 0 saturated carbocycles. The van der Waals surface area contributed by atoms with E-state index in [1.54, 1.807) is 26.0 Å². The largest absolute Gasteiger partial charge is 0.508 e. The quantitative estimate of drug-likeness (QED) is 0.158. The Bertz CT molecular complexity index is 1250. The van der Waals surface area contributed by atoms with Crippen molar-refractivity contribution in [1.29, 1.82) is 0 Å². The molecule has 0 radical (unpaired) electrons. The van der Waals surface area contributed by atoms with Gasteiger partial charge in [-0.1, -0.05) is 53.7 Å². The van der Waals surface area contributed by atoms with Gasteiger partial charge in [0.25, 0.3) is 0 Å². The van der Waals surface area contributed by atoms with Gasteiger partial charge in [-0.25, -0.2) is 0 Å². The number of nitrogens with one attached hydrogen (secondary N) is 2. The maximum absolute atomic E-state index is 12.2. The lowest BCUT2D eigenvalue weighted by atomic mass is 9.81.